The van der Waals surface area contributed by atoms with E-state index in [1.54, 1.807) is 26.2 Å². The number of anilines is 1. The minimum atomic E-state index is -0.0756. The lowest BCUT2D eigenvalue weighted by Crippen LogP contribution is -2.28. The molecule has 0 aromatic heterocycles. The summed E-state index contributed by atoms with van der Waals surface area (Å²) in [4.78, 5) is 25.8. The molecule has 1 aliphatic carbocycles. The molecule has 0 radical (unpaired) electrons. The van der Waals surface area contributed by atoms with Crippen LogP contribution in [0.1, 0.15) is 41.6 Å². The van der Waals surface area contributed by atoms with E-state index in [4.69, 9.17) is 5.73 Å². The van der Waals surface area contributed by atoms with Gasteiger partial charge in [-0.2, -0.15) is 0 Å². The number of hydrogen-bond donors (Lipinski definition) is 2. The first kappa shape index (κ1) is 19.5. The van der Waals surface area contributed by atoms with Gasteiger partial charge in [0, 0.05) is 37.8 Å². The molecule has 0 bridgehead atoms. The van der Waals surface area contributed by atoms with Crippen molar-refractivity contribution >= 4 is 29.9 Å². The fourth-order valence-corrected chi connectivity index (χ4v) is 2.91. The maximum Gasteiger partial charge on any atom is 0.253 e. The largest absolute Gasteiger partial charge is 0.345 e. The van der Waals surface area contributed by atoms with Gasteiger partial charge in [0.05, 0.1) is 0 Å². The predicted molar refractivity (Wildman–Crippen MR) is 95.0 cm³/mol. The van der Waals surface area contributed by atoms with E-state index in [0.717, 1.165) is 24.8 Å². The topological polar surface area (TPSA) is 75.4 Å². The third-order valence-electron chi connectivity index (χ3n) is 4.33. The van der Waals surface area contributed by atoms with Crippen molar-refractivity contribution in [2.45, 2.75) is 38.6 Å². The summed E-state index contributed by atoms with van der Waals surface area (Å²) in [7, 11) is 3.42. The molecule has 1 aromatic rings. The van der Waals surface area contributed by atoms with Gasteiger partial charge >= 0.3 is 0 Å². The van der Waals surface area contributed by atoms with E-state index >= 15 is 0 Å². The summed E-state index contributed by atoms with van der Waals surface area (Å²) >= 11 is 0. The van der Waals surface area contributed by atoms with E-state index in [-0.39, 0.29) is 36.2 Å². The maximum absolute atomic E-state index is 12.2. The number of aryl methyl sites for hydroxylation is 1. The Morgan fingerprint density at radius 3 is 2.57 bits per heavy atom. The molecule has 1 fully saturated rings. The first-order valence-corrected chi connectivity index (χ1v) is 7.76. The van der Waals surface area contributed by atoms with Gasteiger partial charge in [-0.25, -0.2) is 0 Å². The lowest BCUT2D eigenvalue weighted by molar-refractivity contribution is -0.117. The molecule has 0 saturated heterocycles. The number of rotatable bonds is 4. The van der Waals surface area contributed by atoms with Gasteiger partial charge in [0.1, 0.15) is 0 Å². The number of halogens is 1. The second-order valence-electron chi connectivity index (χ2n) is 6.34. The highest BCUT2D eigenvalue weighted by Crippen LogP contribution is 2.27. The molecule has 0 aliphatic heterocycles. The van der Waals surface area contributed by atoms with Crippen molar-refractivity contribution in [3.8, 4) is 0 Å². The Labute approximate surface area is 144 Å². The average Bonchev–Trinajstić information content (AvgIpc) is 2.85. The normalized spacial score (nSPS) is 19.8. The van der Waals surface area contributed by atoms with Gasteiger partial charge < -0.3 is 16.0 Å². The Balaban J connectivity index is 0.00000264. The van der Waals surface area contributed by atoms with E-state index in [1.807, 2.05) is 13.0 Å². The van der Waals surface area contributed by atoms with Crippen molar-refractivity contribution < 1.29 is 9.59 Å². The van der Waals surface area contributed by atoms with Gasteiger partial charge in [0.15, 0.2) is 0 Å². The summed E-state index contributed by atoms with van der Waals surface area (Å²) in [5.74, 6) is 0.167. The van der Waals surface area contributed by atoms with Crippen molar-refractivity contribution in [1.29, 1.82) is 0 Å². The van der Waals surface area contributed by atoms with Gasteiger partial charge in [-0.3, -0.25) is 9.59 Å². The van der Waals surface area contributed by atoms with Crippen molar-refractivity contribution in [2.75, 3.05) is 19.4 Å². The van der Waals surface area contributed by atoms with Crippen LogP contribution in [0.4, 0.5) is 5.69 Å². The van der Waals surface area contributed by atoms with Crippen LogP contribution < -0.4 is 11.1 Å². The number of nitrogens with two attached hydrogens (primary N) is 1. The zero-order valence-corrected chi connectivity index (χ0v) is 14.8. The van der Waals surface area contributed by atoms with Gasteiger partial charge in [0.2, 0.25) is 5.91 Å². The summed E-state index contributed by atoms with van der Waals surface area (Å²) in [5.41, 5.74) is 8.23. The van der Waals surface area contributed by atoms with Gasteiger partial charge in [-0.05, 0) is 43.4 Å². The van der Waals surface area contributed by atoms with Crippen LogP contribution in [0.5, 0.6) is 0 Å². The molecule has 1 aliphatic rings. The first-order chi connectivity index (χ1) is 10.4. The zero-order chi connectivity index (χ0) is 16.3. The van der Waals surface area contributed by atoms with Crippen molar-refractivity contribution in [3.05, 3.63) is 29.3 Å². The summed E-state index contributed by atoms with van der Waals surface area (Å²) in [5, 5.41) is 2.93. The number of nitrogens with one attached hydrogen (secondary N) is 1. The van der Waals surface area contributed by atoms with Gasteiger partial charge in [-0.1, -0.05) is 12.5 Å². The molecule has 0 heterocycles. The minimum absolute atomic E-state index is 0. The fraction of sp³-hybridized carbons (Fsp3) is 0.529. The molecule has 0 unspecified atom stereocenters. The lowest BCUT2D eigenvalue weighted by atomic mass is 9.99. The highest BCUT2D eigenvalue weighted by molar-refractivity contribution is 5.97. The summed E-state index contributed by atoms with van der Waals surface area (Å²) in [6.45, 7) is 1.92. The number of benzene rings is 1. The number of carbonyl (C=O) groups is 2. The molecule has 1 aromatic carbocycles. The second-order valence-corrected chi connectivity index (χ2v) is 6.34. The van der Waals surface area contributed by atoms with Crippen LogP contribution >= 0.6 is 12.4 Å². The fourth-order valence-electron chi connectivity index (χ4n) is 2.91. The molecule has 2 atom stereocenters. The van der Waals surface area contributed by atoms with Gasteiger partial charge in [-0.15, -0.1) is 12.4 Å². The van der Waals surface area contributed by atoms with Crippen molar-refractivity contribution in [1.82, 2.24) is 4.90 Å². The zero-order valence-electron chi connectivity index (χ0n) is 14.0. The third kappa shape index (κ3) is 4.94. The smallest absolute Gasteiger partial charge is 0.253 e. The van der Waals surface area contributed by atoms with Crippen molar-refractivity contribution in [2.24, 2.45) is 11.7 Å². The molecule has 23 heavy (non-hydrogen) atoms. The van der Waals surface area contributed by atoms with Crippen molar-refractivity contribution in [3.63, 3.8) is 0 Å². The predicted octanol–water partition coefficient (Wildman–Crippen LogP) is 2.57. The summed E-state index contributed by atoms with van der Waals surface area (Å²) < 4.78 is 0. The number of nitrogens with zero attached hydrogens (tertiary/aromatic N) is 1. The molecule has 6 heteroatoms. The maximum atomic E-state index is 12.2. The average molecular weight is 340 g/mol. The molecule has 128 valence electrons. The van der Waals surface area contributed by atoms with E-state index < -0.39 is 0 Å². The Morgan fingerprint density at radius 1 is 1.30 bits per heavy atom. The van der Waals surface area contributed by atoms with E-state index in [0.29, 0.717) is 17.7 Å². The van der Waals surface area contributed by atoms with Crippen LogP contribution in [0.25, 0.3) is 0 Å². The van der Waals surface area contributed by atoms with Crippen LogP contribution in [0.2, 0.25) is 0 Å². The highest BCUT2D eigenvalue weighted by atomic mass is 35.5. The molecule has 3 N–H and O–H groups in total. The molecular formula is C17H26ClN3O2. The molecular weight excluding hydrogens is 314 g/mol. The van der Waals surface area contributed by atoms with Crippen LogP contribution in [0.15, 0.2) is 18.2 Å². The van der Waals surface area contributed by atoms with Crippen LogP contribution in [-0.2, 0) is 4.79 Å². The Hall–Kier alpha value is -1.59. The Kier molecular flexibility index (Phi) is 7.03. The quantitative estimate of drug-likeness (QED) is 0.885. The van der Waals surface area contributed by atoms with Crippen LogP contribution in [0.3, 0.4) is 0 Å². The number of hydrogen-bond acceptors (Lipinski definition) is 3. The molecule has 1 saturated carbocycles. The number of carbonyl (C=O) groups excluding carboxylic acids is 2. The van der Waals surface area contributed by atoms with E-state index in [1.165, 1.54) is 4.90 Å². The summed E-state index contributed by atoms with van der Waals surface area (Å²) in [6, 6.07) is 5.51. The Morgan fingerprint density at radius 2 is 2.00 bits per heavy atom. The molecule has 2 amide bonds. The molecule has 5 nitrogen and oxygen atoms in total. The number of amides is 2. The Bertz CT molecular complexity index is 575. The third-order valence-corrected chi connectivity index (χ3v) is 4.33. The van der Waals surface area contributed by atoms with Crippen LogP contribution in [-0.4, -0.2) is 36.9 Å². The minimum Gasteiger partial charge on any atom is -0.345 e. The van der Waals surface area contributed by atoms with Gasteiger partial charge in [0.25, 0.3) is 5.91 Å². The molecule has 2 rings (SSSR count). The lowest BCUT2D eigenvalue weighted by Gasteiger charge is -2.16. The second kappa shape index (κ2) is 8.31. The SMILES string of the molecule is Cc1ccc(C(=O)N(C)C)cc1NC(=O)C[C@@H]1CCC[C@H]1N.Cl. The monoisotopic (exact) mass is 339 g/mol. The highest BCUT2D eigenvalue weighted by Gasteiger charge is 2.26. The van der Waals surface area contributed by atoms with E-state index in [9.17, 15) is 9.59 Å². The standard InChI is InChI=1S/C17H25N3O2.ClH/c1-11-7-8-13(17(22)20(2)3)9-15(11)19-16(21)10-12-5-4-6-14(12)18;/h7-9,12,14H,4-6,10,18H2,1-3H3,(H,19,21);1H/t12-,14+;/m0./s1. The first-order valence-electron chi connectivity index (χ1n) is 7.76. The van der Waals surface area contributed by atoms with Crippen LogP contribution in [0, 0.1) is 12.8 Å². The van der Waals surface area contributed by atoms with E-state index in [2.05, 4.69) is 5.32 Å². The molecule has 0 spiro atoms. The summed E-state index contributed by atoms with van der Waals surface area (Å²) in [6.07, 6.45) is 3.58.